The molecule has 0 aliphatic carbocycles. The van der Waals surface area contributed by atoms with E-state index >= 15 is 0 Å². The number of fused-ring (bicyclic) bond motifs is 1. The average molecular weight is 244 g/mol. The number of pyridine rings is 1. The predicted octanol–water partition coefficient (Wildman–Crippen LogP) is 2.99. The molecule has 2 atom stereocenters. The molecule has 0 aliphatic heterocycles. The number of hydrogen-bond donors (Lipinski definition) is 1. The minimum atomic E-state index is 0.0639. The molecule has 0 amide bonds. The molecule has 2 aromatic rings. The highest BCUT2D eigenvalue weighted by molar-refractivity contribution is 5.84. The second-order valence-corrected chi connectivity index (χ2v) is 4.69. The first kappa shape index (κ1) is 12.8. The van der Waals surface area contributed by atoms with E-state index in [9.17, 15) is 0 Å². The van der Waals surface area contributed by atoms with E-state index in [1.54, 1.807) is 6.20 Å². The summed E-state index contributed by atoms with van der Waals surface area (Å²) in [6.45, 7) is 4.82. The van der Waals surface area contributed by atoms with Gasteiger partial charge in [0.05, 0.1) is 0 Å². The standard InChI is InChI=1S/C15H20N2O/c1-3-11(2)13(16)10-18-14-8-4-6-12-7-5-9-17-15(12)14/h4-9,11,13H,3,10,16H2,1-2H3. The number of para-hydroxylation sites is 1. The third-order valence-corrected chi connectivity index (χ3v) is 3.40. The van der Waals surface area contributed by atoms with Crippen molar-refractivity contribution in [3.05, 3.63) is 36.5 Å². The van der Waals surface area contributed by atoms with Gasteiger partial charge in [-0.15, -0.1) is 0 Å². The van der Waals surface area contributed by atoms with E-state index in [0.29, 0.717) is 12.5 Å². The first-order chi connectivity index (χ1) is 8.72. The van der Waals surface area contributed by atoms with Crippen molar-refractivity contribution in [3.8, 4) is 5.75 Å². The van der Waals surface area contributed by atoms with E-state index in [-0.39, 0.29) is 6.04 Å². The lowest BCUT2D eigenvalue weighted by Gasteiger charge is -2.19. The van der Waals surface area contributed by atoms with Crippen molar-refractivity contribution in [1.82, 2.24) is 4.98 Å². The lowest BCUT2D eigenvalue weighted by atomic mass is 10.0. The zero-order chi connectivity index (χ0) is 13.0. The van der Waals surface area contributed by atoms with Gasteiger partial charge in [0.1, 0.15) is 17.9 Å². The summed E-state index contributed by atoms with van der Waals surface area (Å²) >= 11 is 0. The van der Waals surface area contributed by atoms with Gasteiger partial charge in [-0.25, -0.2) is 0 Å². The number of nitrogens with zero attached hydrogens (tertiary/aromatic N) is 1. The smallest absolute Gasteiger partial charge is 0.145 e. The first-order valence-corrected chi connectivity index (χ1v) is 6.44. The van der Waals surface area contributed by atoms with Crippen LogP contribution in [0.3, 0.4) is 0 Å². The molecular formula is C15H20N2O. The molecule has 1 aromatic heterocycles. The van der Waals surface area contributed by atoms with Gasteiger partial charge in [-0.2, -0.15) is 0 Å². The van der Waals surface area contributed by atoms with Crippen molar-refractivity contribution < 1.29 is 4.74 Å². The lowest BCUT2D eigenvalue weighted by Crippen LogP contribution is -2.34. The summed E-state index contributed by atoms with van der Waals surface area (Å²) in [5.41, 5.74) is 6.97. The van der Waals surface area contributed by atoms with E-state index in [1.807, 2.05) is 30.3 Å². The summed E-state index contributed by atoms with van der Waals surface area (Å²) in [6.07, 6.45) is 2.85. The third kappa shape index (κ3) is 2.79. The number of benzene rings is 1. The minimum absolute atomic E-state index is 0.0639. The van der Waals surface area contributed by atoms with Crippen LogP contribution in [0, 0.1) is 5.92 Å². The van der Waals surface area contributed by atoms with E-state index in [2.05, 4.69) is 18.8 Å². The largest absolute Gasteiger partial charge is 0.490 e. The molecule has 0 aliphatic rings. The topological polar surface area (TPSA) is 48.1 Å². The molecule has 0 radical (unpaired) electrons. The SMILES string of the molecule is CCC(C)C(N)COc1cccc2cccnc12. The Hall–Kier alpha value is -1.61. The second-order valence-electron chi connectivity index (χ2n) is 4.69. The molecule has 0 saturated carbocycles. The van der Waals surface area contributed by atoms with Crippen LogP contribution in [0.25, 0.3) is 10.9 Å². The molecule has 2 N–H and O–H groups in total. The lowest BCUT2D eigenvalue weighted by molar-refractivity contribution is 0.252. The minimum Gasteiger partial charge on any atom is -0.490 e. The highest BCUT2D eigenvalue weighted by atomic mass is 16.5. The third-order valence-electron chi connectivity index (χ3n) is 3.40. The Labute approximate surface area is 108 Å². The summed E-state index contributed by atoms with van der Waals surface area (Å²) < 4.78 is 5.82. The Morgan fingerprint density at radius 1 is 1.28 bits per heavy atom. The molecule has 96 valence electrons. The van der Waals surface area contributed by atoms with Gasteiger partial charge in [0.2, 0.25) is 0 Å². The summed E-state index contributed by atoms with van der Waals surface area (Å²) in [5, 5.41) is 1.09. The fraction of sp³-hybridized carbons (Fsp3) is 0.400. The first-order valence-electron chi connectivity index (χ1n) is 6.44. The Morgan fingerprint density at radius 3 is 2.83 bits per heavy atom. The second kappa shape index (κ2) is 5.83. The van der Waals surface area contributed by atoms with Gasteiger partial charge in [-0.3, -0.25) is 4.98 Å². The van der Waals surface area contributed by atoms with E-state index in [4.69, 9.17) is 10.5 Å². The van der Waals surface area contributed by atoms with Gasteiger partial charge in [0, 0.05) is 17.6 Å². The van der Waals surface area contributed by atoms with Crippen LogP contribution < -0.4 is 10.5 Å². The van der Waals surface area contributed by atoms with E-state index in [1.165, 1.54) is 0 Å². The van der Waals surface area contributed by atoms with Gasteiger partial charge in [-0.05, 0) is 18.1 Å². The summed E-state index contributed by atoms with van der Waals surface area (Å²) in [5.74, 6) is 1.28. The van der Waals surface area contributed by atoms with Crippen LogP contribution in [-0.4, -0.2) is 17.6 Å². The fourth-order valence-corrected chi connectivity index (χ4v) is 1.85. The summed E-state index contributed by atoms with van der Waals surface area (Å²) in [6, 6.07) is 9.98. The Kier molecular flexibility index (Phi) is 4.15. The number of rotatable bonds is 5. The maximum atomic E-state index is 6.07. The maximum absolute atomic E-state index is 6.07. The molecule has 2 unspecified atom stereocenters. The predicted molar refractivity (Wildman–Crippen MR) is 74.7 cm³/mol. The van der Waals surface area contributed by atoms with E-state index in [0.717, 1.165) is 23.1 Å². The molecule has 0 bridgehead atoms. The van der Waals surface area contributed by atoms with Crippen LogP contribution in [0.4, 0.5) is 0 Å². The van der Waals surface area contributed by atoms with Crippen LogP contribution in [0.2, 0.25) is 0 Å². The van der Waals surface area contributed by atoms with Gasteiger partial charge < -0.3 is 10.5 Å². The Morgan fingerprint density at radius 2 is 2.06 bits per heavy atom. The monoisotopic (exact) mass is 244 g/mol. The Bertz CT molecular complexity index is 507. The molecule has 0 fully saturated rings. The molecule has 18 heavy (non-hydrogen) atoms. The van der Waals surface area contributed by atoms with Crippen molar-refractivity contribution in [3.63, 3.8) is 0 Å². The van der Waals surface area contributed by atoms with Crippen molar-refractivity contribution in [2.24, 2.45) is 11.7 Å². The van der Waals surface area contributed by atoms with Crippen molar-refractivity contribution in [1.29, 1.82) is 0 Å². The number of ether oxygens (including phenoxy) is 1. The zero-order valence-corrected chi connectivity index (χ0v) is 11.0. The number of nitrogens with two attached hydrogens (primary N) is 1. The number of hydrogen-bond acceptors (Lipinski definition) is 3. The molecule has 1 heterocycles. The maximum Gasteiger partial charge on any atom is 0.145 e. The molecule has 2 rings (SSSR count). The normalized spacial score (nSPS) is 14.4. The quantitative estimate of drug-likeness (QED) is 0.879. The average Bonchev–Trinajstić information content (AvgIpc) is 2.43. The van der Waals surface area contributed by atoms with Gasteiger partial charge in [0.15, 0.2) is 0 Å². The molecule has 3 heteroatoms. The van der Waals surface area contributed by atoms with Crippen molar-refractivity contribution in [2.75, 3.05) is 6.61 Å². The molecule has 0 saturated heterocycles. The zero-order valence-electron chi connectivity index (χ0n) is 11.0. The Balaban J connectivity index is 2.12. The van der Waals surface area contributed by atoms with Crippen LogP contribution in [0.15, 0.2) is 36.5 Å². The van der Waals surface area contributed by atoms with Gasteiger partial charge >= 0.3 is 0 Å². The number of aromatic nitrogens is 1. The molecule has 3 nitrogen and oxygen atoms in total. The van der Waals surface area contributed by atoms with Crippen molar-refractivity contribution >= 4 is 10.9 Å². The summed E-state index contributed by atoms with van der Waals surface area (Å²) in [7, 11) is 0. The van der Waals surface area contributed by atoms with Crippen molar-refractivity contribution in [2.45, 2.75) is 26.3 Å². The van der Waals surface area contributed by atoms with Crippen LogP contribution >= 0.6 is 0 Å². The molecule has 0 spiro atoms. The fourth-order valence-electron chi connectivity index (χ4n) is 1.85. The van der Waals surface area contributed by atoms with E-state index < -0.39 is 0 Å². The van der Waals surface area contributed by atoms with Crippen LogP contribution in [0.1, 0.15) is 20.3 Å². The van der Waals surface area contributed by atoms with Gasteiger partial charge in [0.25, 0.3) is 0 Å². The summed E-state index contributed by atoms with van der Waals surface area (Å²) in [4.78, 5) is 4.36. The molecular weight excluding hydrogens is 224 g/mol. The molecule has 1 aromatic carbocycles. The van der Waals surface area contributed by atoms with Gasteiger partial charge in [-0.1, -0.05) is 38.5 Å². The van der Waals surface area contributed by atoms with Crippen LogP contribution in [0.5, 0.6) is 5.75 Å². The highest BCUT2D eigenvalue weighted by Crippen LogP contribution is 2.23. The van der Waals surface area contributed by atoms with Crippen LogP contribution in [-0.2, 0) is 0 Å². The highest BCUT2D eigenvalue weighted by Gasteiger charge is 2.12.